The second kappa shape index (κ2) is 14.3. The van der Waals surface area contributed by atoms with Crippen molar-refractivity contribution in [3.63, 3.8) is 0 Å². The van der Waals surface area contributed by atoms with E-state index in [2.05, 4.69) is 5.32 Å². The molecule has 5 atom stereocenters. The van der Waals surface area contributed by atoms with Gasteiger partial charge in [0.05, 0.1) is 12.2 Å². The first kappa shape index (κ1) is 26.4. The van der Waals surface area contributed by atoms with Crippen molar-refractivity contribution in [1.82, 2.24) is 5.32 Å². The Kier molecular flexibility index (Phi) is 11.8. The Morgan fingerprint density at radius 3 is 2.72 bits per heavy atom. The number of rotatable bonds is 13. The van der Waals surface area contributed by atoms with Gasteiger partial charge in [0.15, 0.2) is 6.29 Å². The predicted octanol–water partition coefficient (Wildman–Crippen LogP) is 2.14. The topological polar surface area (TPSA) is 135 Å². The first-order valence-electron chi connectivity index (χ1n) is 10.8. The van der Waals surface area contributed by atoms with E-state index < -0.39 is 36.6 Å². The lowest BCUT2D eigenvalue weighted by molar-refractivity contribution is -0.262. The zero-order chi connectivity index (χ0) is 23.3. The van der Waals surface area contributed by atoms with Gasteiger partial charge in [-0.2, -0.15) is 11.8 Å². The third-order valence-electron chi connectivity index (χ3n) is 4.94. The molecule has 10 heteroatoms. The molecule has 1 saturated heterocycles. The van der Waals surface area contributed by atoms with E-state index in [-0.39, 0.29) is 25.6 Å². The molecule has 1 fully saturated rings. The molecule has 1 aliphatic rings. The van der Waals surface area contributed by atoms with E-state index in [0.29, 0.717) is 18.1 Å². The fourth-order valence-corrected chi connectivity index (χ4v) is 4.13. The van der Waals surface area contributed by atoms with Crippen molar-refractivity contribution >= 4 is 23.8 Å². The Hall–Kier alpha value is -1.85. The number of carboxylic acids is 1. The monoisotopic (exact) mass is 471 g/mol. The van der Waals surface area contributed by atoms with E-state index in [1.165, 1.54) is 11.8 Å². The lowest BCUT2D eigenvalue weighted by Gasteiger charge is -2.36. The molecule has 9 nitrogen and oxygen atoms in total. The molecule has 2 rings (SSSR count). The van der Waals surface area contributed by atoms with E-state index in [4.69, 9.17) is 14.2 Å². The van der Waals surface area contributed by atoms with Crippen molar-refractivity contribution in [2.24, 2.45) is 0 Å². The Morgan fingerprint density at radius 2 is 2.03 bits per heavy atom. The average Bonchev–Trinajstić information content (AvgIpc) is 2.78. The van der Waals surface area contributed by atoms with Crippen molar-refractivity contribution < 1.29 is 39.1 Å². The smallest absolute Gasteiger partial charge is 0.408 e. The lowest BCUT2D eigenvalue weighted by Crippen LogP contribution is -2.50. The Bertz CT molecular complexity index is 692. The molecule has 1 heterocycles. The number of aliphatic hydroxyl groups excluding tert-OH is 2. The van der Waals surface area contributed by atoms with Gasteiger partial charge in [0.1, 0.15) is 18.8 Å². The summed E-state index contributed by atoms with van der Waals surface area (Å²) >= 11 is 1.45. The maximum Gasteiger partial charge on any atom is 0.408 e. The molecule has 0 aliphatic carbocycles. The largest absolute Gasteiger partial charge is 0.480 e. The quantitative estimate of drug-likeness (QED) is 0.319. The third-order valence-corrected chi connectivity index (χ3v) is 6.07. The first-order chi connectivity index (χ1) is 15.4. The molecular weight excluding hydrogens is 438 g/mol. The number of benzene rings is 1. The highest BCUT2D eigenvalue weighted by Crippen LogP contribution is 2.24. The molecule has 0 saturated carbocycles. The van der Waals surface area contributed by atoms with Gasteiger partial charge in [-0.15, -0.1) is 0 Å². The van der Waals surface area contributed by atoms with E-state index in [9.17, 15) is 24.9 Å². The maximum absolute atomic E-state index is 11.9. The number of ether oxygens (including phenoxy) is 3. The molecule has 32 heavy (non-hydrogen) atoms. The van der Waals surface area contributed by atoms with Crippen LogP contribution in [0.1, 0.15) is 38.2 Å². The molecule has 0 aromatic heterocycles. The number of thioether (sulfide) groups is 1. The Balaban J connectivity index is 1.70. The van der Waals surface area contributed by atoms with E-state index in [1.807, 2.05) is 25.1 Å². The van der Waals surface area contributed by atoms with Gasteiger partial charge < -0.3 is 34.8 Å². The molecule has 4 N–H and O–H groups in total. The lowest BCUT2D eigenvalue weighted by atomic mass is 10.0. The van der Waals surface area contributed by atoms with Crippen molar-refractivity contribution in [2.45, 2.75) is 69.9 Å². The number of aliphatic hydroxyl groups is 2. The SMILES string of the molecule is CCCCOC1OC(CSCCC(NC(=O)OCc2ccccc2)C(=O)O)CC(O)C1O. The number of nitrogens with one attached hydrogen (secondary N) is 1. The highest BCUT2D eigenvalue weighted by molar-refractivity contribution is 7.99. The van der Waals surface area contributed by atoms with Crippen molar-refractivity contribution in [3.8, 4) is 0 Å². The second-order valence-corrected chi connectivity index (χ2v) is 8.75. The molecule has 5 unspecified atom stereocenters. The van der Waals surface area contributed by atoms with Crippen LogP contribution in [-0.4, -0.2) is 76.1 Å². The molecule has 1 aliphatic heterocycles. The normalized spacial score (nSPS) is 24.0. The number of amides is 1. The van der Waals surface area contributed by atoms with Crippen LogP contribution in [0.4, 0.5) is 4.79 Å². The van der Waals surface area contributed by atoms with E-state index >= 15 is 0 Å². The molecule has 1 amide bonds. The van der Waals surface area contributed by atoms with Crippen molar-refractivity contribution in [1.29, 1.82) is 0 Å². The summed E-state index contributed by atoms with van der Waals surface area (Å²) in [4.78, 5) is 23.4. The fraction of sp³-hybridized carbons (Fsp3) is 0.636. The summed E-state index contributed by atoms with van der Waals surface area (Å²) in [5.74, 6) is -0.183. The van der Waals surface area contributed by atoms with Crippen LogP contribution in [-0.2, 0) is 25.6 Å². The molecule has 0 radical (unpaired) electrons. The molecule has 1 aromatic rings. The molecule has 0 bridgehead atoms. The van der Waals surface area contributed by atoms with Crippen molar-refractivity contribution in [2.75, 3.05) is 18.1 Å². The van der Waals surface area contributed by atoms with Gasteiger partial charge in [0.25, 0.3) is 0 Å². The van der Waals surface area contributed by atoms with Gasteiger partial charge in [-0.3, -0.25) is 0 Å². The van der Waals surface area contributed by atoms with Crippen LogP contribution < -0.4 is 5.32 Å². The summed E-state index contributed by atoms with van der Waals surface area (Å²) in [5.41, 5.74) is 0.807. The minimum atomic E-state index is -1.14. The van der Waals surface area contributed by atoms with Gasteiger partial charge in [-0.25, -0.2) is 9.59 Å². The number of hydrogen-bond acceptors (Lipinski definition) is 8. The number of hydrogen-bond donors (Lipinski definition) is 4. The summed E-state index contributed by atoms with van der Waals surface area (Å²) in [7, 11) is 0. The zero-order valence-electron chi connectivity index (χ0n) is 18.2. The van der Waals surface area contributed by atoms with Gasteiger partial charge in [-0.05, 0) is 24.2 Å². The predicted molar refractivity (Wildman–Crippen MR) is 119 cm³/mol. The average molecular weight is 472 g/mol. The van der Waals surface area contributed by atoms with Crippen LogP contribution in [0.3, 0.4) is 0 Å². The van der Waals surface area contributed by atoms with E-state index in [1.54, 1.807) is 12.1 Å². The first-order valence-corrected chi connectivity index (χ1v) is 12.0. The van der Waals surface area contributed by atoms with Crippen LogP contribution in [0.2, 0.25) is 0 Å². The summed E-state index contributed by atoms with van der Waals surface area (Å²) in [6, 6.07) is 8.03. The Labute approximate surface area is 192 Å². The van der Waals surface area contributed by atoms with Crippen LogP contribution >= 0.6 is 11.8 Å². The summed E-state index contributed by atoms with van der Waals surface area (Å²) in [6.07, 6.45) is -1.75. The standard InChI is InChI=1S/C22H33NO8S/c1-2-3-10-29-21-19(25)18(24)12-16(31-21)14-32-11-9-17(20(26)27)23-22(28)30-13-15-7-5-4-6-8-15/h4-8,16-19,21,24-25H,2-3,9-14H2,1H3,(H,23,28)(H,26,27). The van der Waals surface area contributed by atoms with Crippen LogP contribution in [0.5, 0.6) is 0 Å². The van der Waals surface area contributed by atoms with Gasteiger partial charge >= 0.3 is 12.1 Å². The highest BCUT2D eigenvalue weighted by Gasteiger charge is 2.37. The number of alkyl carbamates (subject to hydrolysis) is 1. The number of unbranched alkanes of at least 4 members (excludes halogenated alkanes) is 1. The molecule has 0 spiro atoms. The summed E-state index contributed by atoms with van der Waals surface area (Å²) in [6.45, 7) is 2.53. The molecular formula is C22H33NO8S. The number of aliphatic carboxylic acids is 1. The van der Waals surface area contributed by atoms with Crippen molar-refractivity contribution in [3.05, 3.63) is 35.9 Å². The number of carbonyl (C=O) groups is 2. The number of carbonyl (C=O) groups excluding carboxylic acids is 1. The van der Waals surface area contributed by atoms with Gasteiger partial charge in [-0.1, -0.05) is 43.7 Å². The molecule has 180 valence electrons. The second-order valence-electron chi connectivity index (χ2n) is 7.60. The van der Waals surface area contributed by atoms with Crippen LogP contribution in [0.25, 0.3) is 0 Å². The minimum Gasteiger partial charge on any atom is -0.480 e. The zero-order valence-corrected chi connectivity index (χ0v) is 19.0. The highest BCUT2D eigenvalue weighted by atomic mass is 32.2. The Morgan fingerprint density at radius 1 is 1.28 bits per heavy atom. The summed E-state index contributed by atoms with van der Waals surface area (Å²) < 4.78 is 16.4. The number of carboxylic acid groups (broad SMARTS) is 1. The van der Waals surface area contributed by atoms with Gasteiger partial charge in [0.2, 0.25) is 0 Å². The maximum atomic E-state index is 11.9. The van der Waals surface area contributed by atoms with E-state index in [0.717, 1.165) is 18.4 Å². The van der Waals surface area contributed by atoms with Crippen LogP contribution in [0.15, 0.2) is 30.3 Å². The van der Waals surface area contributed by atoms with Crippen LogP contribution in [0, 0.1) is 0 Å². The summed E-state index contributed by atoms with van der Waals surface area (Å²) in [5, 5.41) is 31.9. The van der Waals surface area contributed by atoms with Gasteiger partial charge in [0, 0.05) is 18.8 Å². The fourth-order valence-electron chi connectivity index (χ4n) is 3.09. The molecule has 1 aromatic carbocycles. The minimum absolute atomic E-state index is 0.0580. The third kappa shape index (κ3) is 9.33.